The van der Waals surface area contributed by atoms with Crippen LogP contribution >= 0.6 is 27.5 Å². The Bertz CT molecular complexity index is 1690. The quantitative estimate of drug-likeness (QED) is 0.162. The van der Waals surface area contributed by atoms with Crippen LogP contribution < -0.4 is 14.4 Å². The number of halogens is 2. The molecule has 0 aliphatic carbocycles. The van der Waals surface area contributed by atoms with E-state index in [2.05, 4.69) is 21.2 Å². The fourth-order valence-corrected chi connectivity index (χ4v) is 6.80. The number of anilines is 1. The van der Waals surface area contributed by atoms with Gasteiger partial charge in [0, 0.05) is 29.0 Å². The van der Waals surface area contributed by atoms with Gasteiger partial charge in [-0.2, -0.15) is 0 Å². The molecule has 4 aromatic carbocycles. The van der Waals surface area contributed by atoms with Gasteiger partial charge < -0.3 is 15.0 Å². The number of likely N-dealkylation sites (N-methyl/N-ethyl adjacent to an activating group) is 1. The van der Waals surface area contributed by atoms with Crippen molar-refractivity contribution in [3.8, 4) is 5.75 Å². The Morgan fingerprint density at radius 2 is 1.56 bits per heavy atom. The second-order valence-corrected chi connectivity index (χ2v) is 13.4. The van der Waals surface area contributed by atoms with Crippen LogP contribution in [-0.2, 0) is 32.6 Å². The minimum absolute atomic E-state index is 0.0308. The maximum atomic E-state index is 14.4. The van der Waals surface area contributed by atoms with Crippen LogP contribution in [0.25, 0.3) is 0 Å². The van der Waals surface area contributed by atoms with Crippen molar-refractivity contribution in [1.29, 1.82) is 0 Å². The van der Waals surface area contributed by atoms with Crippen molar-refractivity contribution in [2.75, 3.05) is 24.0 Å². The molecule has 4 rings (SSSR count). The molecule has 1 N–H and O–H groups in total. The SMILES string of the molecule is CCNC(=O)[C@H](Cc1ccccc1)N(Cc1cccc(Br)c1)C(=O)CN(c1ccc(OCC)cc1)S(=O)(=O)c1ccc(Cl)cc1. The number of nitrogens with one attached hydrogen (secondary N) is 1. The molecule has 236 valence electrons. The first-order chi connectivity index (χ1) is 21.6. The summed E-state index contributed by atoms with van der Waals surface area (Å²) in [4.78, 5) is 29.4. The van der Waals surface area contributed by atoms with E-state index in [1.54, 1.807) is 24.3 Å². The Balaban J connectivity index is 1.79. The Kier molecular flexibility index (Phi) is 12.0. The molecule has 0 spiro atoms. The standard InChI is InChI=1S/C34H35BrClN3O5S/c1-3-37-34(41)32(22-25-9-6-5-7-10-25)38(23-26-11-8-12-27(35)21-26)33(40)24-39(29-15-17-30(18-16-29)44-4-2)45(42,43)31-19-13-28(36)14-20-31/h5-21,32H,3-4,22-24H2,1-2H3,(H,37,41)/t32-/m0/s1. The van der Waals surface area contributed by atoms with Crippen molar-refractivity contribution >= 4 is 55.1 Å². The molecule has 0 radical (unpaired) electrons. The van der Waals surface area contributed by atoms with E-state index >= 15 is 0 Å². The Hall–Kier alpha value is -3.86. The Morgan fingerprint density at radius 1 is 0.889 bits per heavy atom. The number of amides is 2. The van der Waals surface area contributed by atoms with E-state index in [1.807, 2.05) is 68.4 Å². The number of sulfonamides is 1. The Labute approximate surface area is 278 Å². The van der Waals surface area contributed by atoms with Gasteiger partial charge in [0.1, 0.15) is 18.3 Å². The first-order valence-electron chi connectivity index (χ1n) is 14.5. The molecule has 0 fully saturated rings. The second kappa shape index (κ2) is 15.9. The molecule has 0 aromatic heterocycles. The monoisotopic (exact) mass is 711 g/mol. The summed E-state index contributed by atoms with van der Waals surface area (Å²) in [6.45, 7) is 3.99. The minimum Gasteiger partial charge on any atom is -0.494 e. The number of ether oxygens (including phenoxy) is 1. The summed E-state index contributed by atoms with van der Waals surface area (Å²) >= 11 is 9.54. The molecule has 0 saturated carbocycles. The molecule has 0 aliphatic heterocycles. The van der Waals surface area contributed by atoms with Crippen molar-refractivity contribution in [3.63, 3.8) is 0 Å². The zero-order chi connectivity index (χ0) is 32.4. The van der Waals surface area contributed by atoms with Gasteiger partial charge in [0.2, 0.25) is 11.8 Å². The number of rotatable bonds is 14. The van der Waals surface area contributed by atoms with Crippen LogP contribution in [0.2, 0.25) is 5.02 Å². The lowest BCUT2D eigenvalue weighted by Crippen LogP contribution is -2.53. The van der Waals surface area contributed by atoms with Gasteiger partial charge in [-0.15, -0.1) is 0 Å². The molecular formula is C34H35BrClN3O5S. The van der Waals surface area contributed by atoms with E-state index in [1.165, 1.54) is 29.2 Å². The highest BCUT2D eigenvalue weighted by molar-refractivity contribution is 9.10. The van der Waals surface area contributed by atoms with E-state index in [9.17, 15) is 18.0 Å². The lowest BCUT2D eigenvalue weighted by molar-refractivity contribution is -0.140. The molecule has 8 nitrogen and oxygen atoms in total. The molecule has 45 heavy (non-hydrogen) atoms. The number of benzene rings is 4. The van der Waals surface area contributed by atoms with Gasteiger partial charge in [-0.05, 0) is 85.6 Å². The first kappa shape index (κ1) is 34.0. The van der Waals surface area contributed by atoms with Crippen LogP contribution in [0.4, 0.5) is 5.69 Å². The molecule has 0 heterocycles. The van der Waals surface area contributed by atoms with Gasteiger partial charge >= 0.3 is 0 Å². The summed E-state index contributed by atoms with van der Waals surface area (Å²) in [6, 6.07) is 28.2. The van der Waals surface area contributed by atoms with Gasteiger partial charge in [0.15, 0.2) is 0 Å². The third-order valence-electron chi connectivity index (χ3n) is 6.98. The molecule has 0 unspecified atom stereocenters. The summed E-state index contributed by atoms with van der Waals surface area (Å²) < 4.78 is 35.6. The topological polar surface area (TPSA) is 96.0 Å². The highest BCUT2D eigenvalue weighted by Crippen LogP contribution is 2.28. The van der Waals surface area contributed by atoms with E-state index in [-0.39, 0.29) is 29.5 Å². The molecule has 4 aromatic rings. The molecule has 11 heteroatoms. The summed E-state index contributed by atoms with van der Waals surface area (Å²) in [7, 11) is -4.24. The van der Waals surface area contributed by atoms with Crippen LogP contribution in [0, 0.1) is 0 Å². The molecule has 2 amide bonds. The van der Waals surface area contributed by atoms with Gasteiger partial charge in [0.05, 0.1) is 17.2 Å². The van der Waals surface area contributed by atoms with E-state index in [0.717, 1.165) is 19.9 Å². The molecule has 1 atom stereocenters. The largest absolute Gasteiger partial charge is 0.494 e. The van der Waals surface area contributed by atoms with Crippen molar-refractivity contribution in [3.05, 3.63) is 124 Å². The lowest BCUT2D eigenvalue weighted by atomic mass is 10.0. The average Bonchev–Trinajstić information content (AvgIpc) is 3.03. The Morgan fingerprint density at radius 3 is 2.18 bits per heavy atom. The summed E-state index contributed by atoms with van der Waals surface area (Å²) in [5, 5.41) is 3.24. The van der Waals surface area contributed by atoms with Crippen LogP contribution in [-0.4, -0.2) is 50.9 Å². The molecule has 0 saturated heterocycles. The number of carbonyl (C=O) groups is 2. The normalized spacial score (nSPS) is 11.8. The number of nitrogens with zero attached hydrogens (tertiary/aromatic N) is 2. The highest BCUT2D eigenvalue weighted by Gasteiger charge is 2.34. The molecule has 0 bridgehead atoms. The summed E-state index contributed by atoms with van der Waals surface area (Å²) in [5.74, 6) is -0.321. The van der Waals surface area contributed by atoms with Crippen molar-refractivity contribution < 1.29 is 22.7 Å². The van der Waals surface area contributed by atoms with Crippen LogP contribution in [0.3, 0.4) is 0 Å². The molecular weight excluding hydrogens is 678 g/mol. The summed E-state index contributed by atoms with van der Waals surface area (Å²) in [6.07, 6.45) is 0.236. The van der Waals surface area contributed by atoms with Gasteiger partial charge in [-0.3, -0.25) is 13.9 Å². The van der Waals surface area contributed by atoms with Crippen molar-refractivity contribution in [2.24, 2.45) is 0 Å². The van der Waals surface area contributed by atoms with Crippen LogP contribution in [0.1, 0.15) is 25.0 Å². The maximum Gasteiger partial charge on any atom is 0.264 e. The van der Waals surface area contributed by atoms with E-state index in [4.69, 9.17) is 16.3 Å². The van der Waals surface area contributed by atoms with Crippen LogP contribution in [0.5, 0.6) is 5.75 Å². The fraction of sp³-hybridized carbons (Fsp3) is 0.235. The van der Waals surface area contributed by atoms with Gasteiger partial charge in [-0.1, -0.05) is 70.0 Å². The highest BCUT2D eigenvalue weighted by atomic mass is 79.9. The average molecular weight is 713 g/mol. The smallest absolute Gasteiger partial charge is 0.264 e. The lowest BCUT2D eigenvalue weighted by Gasteiger charge is -2.34. The third kappa shape index (κ3) is 9.09. The van der Waals surface area contributed by atoms with E-state index in [0.29, 0.717) is 23.9 Å². The minimum atomic E-state index is -4.24. The number of hydrogen-bond donors (Lipinski definition) is 1. The van der Waals surface area contributed by atoms with Gasteiger partial charge in [0.25, 0.3) is 10.0 Å². The number of carbonyl (C=O) groups excluding carboxylic acids is 2. The van der Waals surface area contributed by atoms with E-state index < -0.39 is 28.5 Å². The zero-order valence-electron chi connectivity index (χ0n) is 25.0. The van der Waals surface area contributed by atoms with Crippen molar-refractivity contribution in [1.82, 2.24) is 10.2 Å². The maximum absolute atomic E-state index is 14.4. The fourth-order valence-electron chi connectivity index (χ4n) is 4.82. The molecule has 0 aliphatic rings. The van der Waals surface area contributed by atoms with Crippen molar-refractivity contribution in [2.45, 2.75) is 37.8 Å². The predicted molar refractivity (Wildman–Crippen MR) is 181 cm³/mol. The first-order valence-corrected chi connectivity index (χ1v) is 17.1. The van der Waals surface area contributed by atoms with Gasteiger partial charge in [-0.25, -0.2) is 8.42 Å². The predicted octanol–water partition coefficient (Wildman–Crippen LogP) is 6.47. The zero-order valence-corrected chi connectivity index (χ0v) is 28.2. The third-order valence-corrected chi connectivity index (χ3v) is 9.51. The summed E-state index contributed by atoms with van der Waals surface area (Å²) in [5.41, 5.74) is 1.90. The second-order valence-electron chi connectivity index (χ2n) is 10.1. The number of hydrogen-bond acceptors (Lipinski definition) is 5. The van der Waals surface area contributed by atoms with Crippen LogP contribution in [0.15, 0.2) is 112 Å².